The zero-order valence-corrected chi connectivity index (χ0v) is 9.40. The average molecular weight is 262 g/mol. The fourth-order valence-corrected chi connectivity index (χ4v) is 1.73. The summed E-state index contributed by atoms with van der Waals surface area (Å²) >= 11 is 3.34. The van der Waals surface area contributed by atoms with E-state index in [1.807, 2.05) is 42.7 Å². The molecule has 0 unspecified atom stereocenters. The number of nitrogens with zero attached hydrogens (tertiary/aromatic N) is 2. The minimum absolute atomic E-state index is 0.603. The molecule has 15 heavy (non-hydrogen) atoms. The highest BCUT2D eigenvalue weighted by atomic mass is 79.9. The number of anilines is 1. The van der Waals surface area contributed by atoms with Gasteiger partial charge in [-0.15, -0.1) is 0 Å². The maximum Gasteiger partial charge on any atom is 0.103 e. The van der Waals surface area contributed by atoms with Crippen molar-refractivity contribution in [2.75, 3.05) is 5.43 Å². The van der Waals surface area contributed by atoms with Crippen molar-refractivity contribution < 1.29 is 0 Å². The topological polar surface area (TPSA) is 40.8 Å². The number of hydrogen-bond donors (Lipinski definition) is 1. The number of halogens is 1. The third-order valence-electron chi connectivity index (χ3n) is 1.98. The lowest BCUT2D eigenvalue weighted by atomic mass is 10.2. The van der Waals surface area contributed by atoms with Crippen LogP contribution in [0, 0.1) is 11.3 Å². The Kier molecular flexibility index (Phi) is 2.75. The van der Waals surface area contributed by atoms with Crippen LogP contribution in [-0.4, -0.2) is 4.68 Å². The first kappa shape index (κ1) is 9.81. The molecule has 0 aliphatic carbocycles. The van der Waals surface area contributed by atoms with E-state index in [1.54, 1.807) is 4.68 Å². The minimum atomic E-state index is 0.603. The Morgan fingerprint density at radius 3 is 2.60 bits per heavy atom. The lowest BCUT2D eigenvalue weighted by Gasteiger charge is -2.09. The summed E-state index contributed by atoms with van der Waals surface area (Å²) in [7, 11) is 0. The molecular formula is C11H8BrN3. The minimum Gasteiger partial charge on any atom is -0.294 e. The molecule has 1 N–H and O–H groups in total. The third kappa shape index (κ3) is 2.03. The predicted molar refractivity (Wildman–Crippen MR) is 62.3 cm³/mol. The smallest absolute Gasteiger partial charge is 0.103 e. The molecule has 1 aromatic carbocycles. The molecule has 0 spiro atoms. The molecule has 0 amide bonds. The number of hydrogen-bond acceptors (Lipinski definition) is 2. The van der Waals surface area contributed by atoms with Crippen LogP contribution in [0.15, 0.2) is 47.2 Å². The van der Waals surface area contributed by atoms with Crippen LogP contribution in [0.3, 0.4) is 0 Å². The van der Waals surface area contributed by atoms with Crippen LogP contribution in [0.1, 0.15) is 5.56 Å². The summed E-state index contributed by atoms with van der Waals surface area (Å²) in [6, 6.07) is 11.6. The van der Waals surface area contributed by atoms with Gasteiger partial charge in [0.15, 0.2) is 0 Å². The monoisotopic (exact) mass is 261 g/mol. The molecule has 2 rings (SSSR count). The molecule has 0 aliphatic rings. The standard InChI is InChI=1S/C11H8BrN3/c12-10-4-3-5-11(9(10)8-13)14-15-6-1-2-7-15/h1-7,14H. The van der Waals surface area contributed by atoms with Gasteiger partial charge in [0.05, 0.1) is 11.3 Å². The number of nitriles is 1. The van der Waals surface area contributed by atoms with Crippen LogP contribution >= 0.6 is 15.9 Å². The van der Waals surface area contributed by atoms with Crippen molar-refractivity contribution >= 4 is 21.6 Å². The van der Waals surface area contributed by atoms with Crippen LogP contribution in [-0.2, 0) is 0 Å². The van der Waals surface area contributed by atoms with Crippen LogP contribution in [0.5, 0.6) is 0 Å². The van der Waals surface area contributed by atoms with E-state index in [-0.39, 0.29) is 0 Å². The van der Waals surface area contributed by atoms with Crippen LogP contribution in [0.25, 0.3) is 0 Å². The van der Waals surface area contributed by atoms with E-state index in [0.29, 0.717) is 5.56 Å². The molecule has 4 heteroatoms. The number of benzene rings is 1. The van der Waals surface area contributed by atoms with E-state index in [9.17, 15) is 0 Å². The molecule has 0 saturated carbocycles. The van der Waals surface area contributed by atoms with Gasteiger partial charge in [0.1, 0.15) is 6.07 Å². The summed E-state index contributed by atoms with van der Waals surface area (Å²) in [5.41, 5.74) is 4.49. The van der Waals surface area contributed by atoms with Crippen molar-refractivity contribution in [3.8, 4) is 6.07 Å². The molecule has 1 aromatic heterocycles. The van der Waals surface area contributed by atoms with Crippen molar-refractivity contribution in [1.82, 2.24) is 4.68 Å². The molecule has 0 fully saturated rings. The number of aromatic nitrogens is 1. The van der Waals surface area contributed by atoms with E-state index >= 15 is 0 Å². The molecule has 1 heterocycles. The van der Waals surface area contributed by atoms with E-state index in [1.165, 1.54) is 0 Å². The van der Waals surface area contributed by atoms with Gasteiger partial charge in [-0.2, -0.15) is 5.26 Å². The Labute approximate surface area is 96.1 Å². The highest BCUT2D eigenvalue weighted by Gasteiger charge is 2.04. The van der Waals surface area contributed by atoms with Gasteiger partial charge in [0.25, 0.3) is 0 Å². The summed E-state index contributed by atoms with van der Waals surface area (Å²) in [5, 5.41) is 9.00. The van der Waals surface area contributed by atoms with Crippen LogP contribution in [0.2, 0.25) is 0 Å². The molecule has 2 aromatic rings. The molecule has 0 atom stereocenters. The van der Waals surface area contributed by atoms with E-state index in [4.69, 9.17) is 5.26 Å². The number of rotatable bonds is 2. The summed E-state index contributed by atoms with van der Waals surface area (Å²) in [4.78, 5) is 0. The van der Waals surface area contributed by atoms with Gasteiger partial charge in [-0.1, -0.05) is 6.07 Å². The Bertz CT molecular complexity index is 497. The maximum atomic E-state index is 9.00. The summed E-state index contributed by atoms with van der Waals surface area (Å²) in [6.07, 6.45) is 3.75. The lowest BCUT2D eigenvalue weighted by Crippen LogP contribution is -2.07. The molecule has 0 aliphatic heterocycles. The van der Waals surface area contributed by atoms with Crippen molar-refractivity contribution in [3.63, 3.8) is 0 Å². The first-order valence-corrected chi connectivity index (χ1v) is 5.19. The third-order valence-corrected chi connectivity index (χ3v) is 2.64. The maximum absolute atomic E-state index is 9.00. The van der Waals surface area contributed by atoms with Crippen LogP contribution < -0.4 is 5.43 Å². The fraction of sp³-hybridized carbons (Fsp3) is 0. The second-order valence-electron chi connectivity index (χ2n) is 2.98. The molecular weight excluding hydrogens is 254 g/mol. The SMILES string of the molecule is N#Cc1c(Br)cccc1Nn1cccc1. The van der Waals surface area contributed by atoms with Gasteiger partial charge < -0.3 is 0 Å². The Balaban J connectivity index is 2.37. The van der Waals surface area contributed by atoms with E-state index < -0.39 is 0 Å². The largest absolute Gasteiger partial charge is 0.294 e. The molecule has 0 bridgehead atoms. The van der Waals surface area contributed by atoms with Gasteiger partial charge >= 0.3 is 0 Å². The van der Waals surface area contributed by atoms with Gasteiger partial charge in [0.2, 0.25) is 0 Å². The van der Waals surface area contributed by atoms with Gasteiger partial charge in [-0.3, -0.25) is 10.1 Å². The second kappa shape index (κ2) is 4.20. The zero-order valence-electron chi connectivity index (χ0n) is 7.81. The molecule has 74 valence electrons. The second-order valence-corrected chi connectivity index (χ2v) is 3.83. The zero-order chi connectivity index (χ0) is 10.7. The molecule has 3 nitrogen and oxygen atoms in total. The highest BCUT2D eigenvalue weighted by molar-refractivity contribution is 9.10. The van der Waals surface area contributed by atoms with Crippen molar-refractivity contribution in [2.45, 2.75) is 0 Å². The Morgan fingerprint density at radius 2 is 1.93 bits per heavy atom. The lowest BCUT2D eigenvalue weighted by molar-refractivity contribution is 0.969. The normalized spacial score (nSPS) is 9.60. The Hall–Kier alpha value is -1.73. The summed E-state index contributed by atoms with van der Waals surface area (Å²) < 4.78 is 2.59. The Morgan fingerprint density at radius 1 is 1.20 bits per heavy atom. The van der Waals surface area contributed by atoms with Crippen LogP contribution in [0.4, 0.5) is 5.69 Å². The van der Waals surface area contributed by atoms with E-state index in [2.05, 4.69) is 27.4 Å². The predicted octanol–water partition coefficient (Wildman–Crippen LogP) is 3.00. The molecule has 0 radical (unpaired) electrons. The average Bonchev–Trinajstić information content (AvgIpc) is 2.71. The fourth-order valence-electron chi connectivity index (χ4n) is 1.28. The van der Waals surface area contributed by atoms with E-state index in [0.717, 1.165) is 10.2 Å². The van der Waals surface area contributed by atoms with Gasteiger partial charge in [-0.05, 0) is 40.2 Å². The van der Waals surface area contributed by atoms with Crippen molar-refractivity contribution in [3.05, 3.63) is 52.8 Å². The highest BCUT2D eigenvalue weighted by Crippen LogP contribution is 2.23. The quantitative estimate of drug-likeness (QED) is 0.903. The summed E-state index contributed by atoms with van der Waals surface area (Å²) in [5.74, 6) is 0. The first-order valence-electron chi connectivity index (χ1n) is 4.40. The number of nitrogens with one attached hydrogen (secondary N) is 1. The van der Waals surface area contributed by atoms with Gasteiger partial charge in [0, 0.05) is 16.9 Å². The van der Waals surface area contributed by atoms with Gasteiger partial charge in [-0.25, -0.2) is 0 Å². The summed E-state index contributed by atoms with van der Waals surface area (Å²) in [6.45, 7) is 0. The first-order chi connectivity index (χ1) is 7.31. The van der Waals surface area contributed by atoms with Crippen molar-refractivity contribution in [2.24, 2.45) is 0 Å². The van der Waals surface area contributed by atoms with Crippen molar-refractivity contribution in [1.29, 1.82) is 5.26 Å². The molecule has 0 saturated heterocycles.